The monoisotopic (exact) mass is 431 g/mol. The van der Waals surface area contributed by atoms with Crippen LogP contribution in [0.15, 0.2) is 28.7 Å². The fourth-order valence-electron chi connectivity index (χ4n) is 2.67. The van der Waals surface area contributed by atoms with Gasteiger partial charge in [-0.15, -0.1) is 0 Å². The number of carbonyl (C=O) groups excluding carboxylic acids is 1. The predicted molar refractivity (Wildman–Crippen MR) is 95.0 cm³/mol. The number of alkyl halides is 3. The summed E-state index contributed by atoms with van der Waals surface area (Å²) < 4.78 is 41.5. The Kier molecular flexibility index (Phi) is 6.35. The number of nitriles is 1. The molecule has 2 N–H and O–H groups in total. The van der Waals surface area contributed by atoms with Gasteiger partial charge in [-0.2, -0.15) is 18.4 Å². The second kappa shape index (κ2) is 7.97. The predicted octanol–water partition coefficient (Wildman–Crippen LogP) is 4.23. The molecule has 0 bridgehead atoms. The first-order valence-corrected chi connectivity index (χ1v) is 9.17. The second-order valence-electron chi connectivity index (χ2n) is 7.06. The Morgan fingerprint density at radius 3 is 2.31 bits per heavy atom. The van der Waals surface area contributed by atoms with Crippen molar-refractivity contribution in [3.05, 3.63) is 34.3 Å². The summed E-state index contributed by atoms with van der Waals surface area (Å²) in [6.45, 7) is 3.67. The molecular weight excluding hydrogens is 411 g/mol. The van der Waals surface area contributed by atoms with E-state index in [2.05, 4.69) is 26.6 Å². The molecule has 2 rings (SSSR count). The Hall–Kier alpha value is -1.59. The Morgan fingerprint density at radius 2 is 1.88 bits per heavy atom. The SMILES string of the molecule is CC(C)CC(N[C@@H](c1ccc(Br)cc1)C(F)(F)F)C(=O)NC1(C#N)CC1. The van der Waals surface area contributed by atoms with Crippen molar-refractivity contribution in [1.29, 1.82) is 5.26 Å². The number of carbonyl (C=O) groups is 1. The van der Waals surface area contributed by atoms with Gasteiger partial charge in [0.15, 0.2) is 0 Å². The molecule has 142 valence electrons. The average molecular weight is 432 g/mol. The van der Waals surface area contributed by atoms with E-state index >= 15 is 0 Å². The highest BCUT2D eigenvalue weighted by molar-refractivity contribution is 9.10. The molecule has 26 heavy (non-hydrogen) atoms. The van der Waals surface area contributed by atoms with Gasteiger partial charge < -0.3 is 5.32 Å². The minimum absolute atomic E-state index is 0.00860. The molecule has 1 aliphatic rings. The maximum absolute atomic E-state index is 13.6. The van der Waals surface area contributed by atoms with Gasteiger partial charge in [-0.3, -0.25) is 10.1 Å². The van der Waals surface area contributed by atoms with Crippen molar-refractivity contribution < 1.29 is 18.0 Å². The molecule has 1 amide bonds. The van der Waals surface area contributed by atoms with E-state index in [4.69, 9.17) is 5.26 Å². The van der Waals surface area contributed by atoms with Crippen LogP contribution in [0.1, 0.15) is 44.7 Å². The van der Waals surface area contributed by atoms with E-state index in [1.54, 1.807) is 0 Å². The van der Waals surface area contributed by atoms with E-state index in [-0.39, 0.29) is 17.9 Å². The molecule has 1 fully saturated rings. The first-order chi connectivity index (χ1) is 12.1. The maximum atomic E-state index is 13.6. The van der Waals surface area contributed by atoms with Crippen LogP contribution >= 0.6 is 15.9 Å². The molecule has 0 spiro atoms. The molecule has 0 aliphatic heterocycles. The number of hydrogen-bond donors (Lipinski definition) is 2. The molecule has 4 nitrogen and oxygen atoms in total. The van der Waals surface area contributed by atoms with Gasteiger partial charge in [-0.25, -0.2) is 0 Å². The van der Waals surface area contributed by atoms with Crippen molar-refractivity contribution >= 4 is 21.8 Å². The third-order valence-electron chi connectivity index (χ3n) is 4.25. The van der Waals surface area contributed by atoms with Crippen molar-refractivity contribution in [3.8, 4) is 6.07 Å². The summed E-state index contributed by atoms with van der Waals surface area (Å²) in [5.41, 5.74) is -0.886. The van der Waals surface area contributed by atoms with Gasteiger partial charge in [-0.1, -0.05) is 41.9 Å². The highest BCUT2D eigenvalue weighted by atomic mass is 79.9. The van der Waals surface area contributed by atoms with E-state index in [0.717, 1.165) is 0 Å². The lowest BCUT2D eigenvalue weighted by molar-refractivity contribution is -0.161. The average Bonchev–Trinajstić information content (AvgIpc) is 3.31. The van der Waals surface area contributed by atoms with Gasteiger partial charge in [0, 0.05) is 4.47 Å². The summed E-state index contributed by atoms with van der Waals surface area (Å²) in [6.07, 6.45) is -3.27. The Balaban J connectivity index is 2.23. The van der Waals surface area contributed by atoms with Crippen LogP contribution in [0.25, 0.3) is 0 Å². The van der Waals surface area contributed by atoms with Gasteiger partial charge in [0.1, 0.15) is 11.6 Å². The standard InChI is InChI=1S/C18H21BrF3N3O/c1-11(2)9-14(16(26)25-17(10-23)7-8-17)24-15(18(20,21)22)12-3-5-13(19)6-4-12/h3-6,11,14-15,24H,7-9H2,1-2H3,(H,25,26)/t14?,15-/m0/s1. The van der Waals surface area contributed by atoms with Crippen LogP contribution < -0.4 is 10.6 Å². The van der Waals surface area contributed by atoms with Crippen LogP contribution in [0.4, 0.5) is 13.2 Å². The summed E-state index contributed by atoms with van der Waals surface area (Å²) in [7, 11) is 0. The van der Waals surface area contributed by atoms with Gasteiger partial charge in [0.25, 0.3) is 0 Å². The zero-order valence-electron chi connectivity index (χ0n) is 14.5. The lowest BCUT2D eigenvalue weighted by Gasteiger charge is -2.29. The Labute approximate surface area is 159 Å². The second-order valence-corrected chi connectivity index (χ2v) is 7.97. The topological polar surface area (TPSA) is 64.9 Å². The molecule has 1 aromatic carbocycles. The first-order valence-electron chi connectivity index (χ1n) is 8.38. The number of nitrogens with zero attached hydrogens (tertiary/aromatic N) is 1. The number of rotatable bonds is 7. The molecule has 8 heteroatoms. The minimum Gasteiger partial charge on any atom is -0.336 e. The summed E-state index contributed by atoms with van der Waals surface area (Å²) in [6, 6.07) is 4.81. The quantitative estimate of drug-likeness (QED) is 0.678. The highest BCUT2D eigenvalue weighted by Gasteiger charge is 2.47. The molecule has 0 saturated heterocycles. The van der Waals surface area contributed by atoms with E-state index in [1.807, 2.05) is 19.9 Å². The Bertz CT molecular complexity index is 678. The normalized spacial score (nSPS) is 18.1. The minimum atomic E-state index is -4.56. The molecular formula is C18H21BrF3N3O. The number of hydrogen-bond acceptors (Lipinski definition) is 3. The number of nitrogens with one attached hydrogen (secondary N) is 2. The van der Waals surface area contributed by atoms with Crippen molar-refractivity contribution in [2.45, 2.75) is 56.9 Å². The number of halogens is 4. The van der Waals surface area contributed by atoms with E-state index in [1.165, 1.54) is 24.3 Å². The number of amides is 1. The van der Waals surface area contributed by atoms with Crippen molar-refractivity contribution in [2.75, 3.05) is 0 Å². The van der Waals surface area contributed by atoms with E-state index in [9.17, 15) is 18.0 Å². The molecule has 1 unspecified atom stereocenters. The zero-order chi connectivity index (χ0) is 19.5. The largest absolute Gasteiger partial charge is 0.407 e. The fourth-order valence-corrected chi connectivity index (χ4v) is 2.94. The molecule has 2 atom stereocenters. The van der Waals surface area contributed by atoms with E-state index in [0.29, 0.717) is 17.3 Å². The molecule has 0 radical (unpaired) electrons. The molecule has 1 aromatic rings. The summed E-state index contributed by atoms with van der Waals surface area (Å²) in [5.74, 6) is -0.557. The van der Waals surface area contributed by atoms with Crippen LogP contribution in [-0.2, 0) is 4.79 Å². The number of benzene rings is 1. The van der Waals surface area contributed by atoms with Crippen LogP contribution in [0.2, 0.25) is 0 Å². The third kappa shape index (κ3) is 5.45. The van der Waals surface area contributed by atoms with Crippen LogP contribution in [0.5, 0.6) is 0 Å². The van der Waals surface area contributed by atoms with Gasteiger partial charge >= 0.3 is 6.18 Å². The Morgan fingerprint density at radius 1 is 1.31 bits per heavy atom. The molecule has 0 aromatic heterocycles. The van der Waals surface area contributed by atoms with Crippen LogP contribution in [0, 0.1) is 17.2 Å². The summed E-state index contributed by atoms with van der Waals surface area (Å²) >= 11 is 3.20. The van der Waals surface area contributed by atoms with Crippen LogP contribution in [-0.4, -0.2) is 23.7 Å². The van der Waals surface area contributed by atoms with Crippen molar-refractivity contribution in [3.63, 3.8) is 0 Å². The lowest BCUT2D eigenvalue weighted by Crippen LogP contribution is -2.52. The van der Waals surface area contributed by atoms with Gasteiger partial charge in [-0.05, 0) is 42.9 Å². The highest BCUT2D eigenvalue weighted by Crippen LogP contribution is 2.36. The zero-order valence-corrected chi connectivity index (χ0v) is 16.1. The van der Waals surface area contributed by atoms with Crippen molar-refractivity contribution in [2.24, 2.45) is 5.92 Å². The summed E-state index contributed by atoms with van der Waals surface area (Å²) in [5, 5.41) is 14.2. The van der Waals surface area contributed by atoms with Crippen LogP contribution in [0.3, 0.4) is 0 Å². The van der Waals surface area contributed by atoms with Gasteiger partial charge in [0.2, 0.25) is 5.91 Å². The first kappa shape index (κ1) is 20.7. The molecule has 0 heterocycles. The lowest BCUT2D eigenvalue weighted by atomic mass is 9.99. The maximum Gasteiger partial charge on any atom is 0.407 e. The van der Waals surface area contributed by atoms with Gasteiger partial charge in [0.05, 0.1) is 12.1 Å². The van der Waals surface area contributed by atoms with E-state index < -0.39 is 29.7 Å². The molecule has 1 saturated carbocycles. The molecule has 1 aliphatic carbocycles. The third-order valence-corrected chi connectivity index (χ3v) is 4.78. The van der Waals surface area contributed by atoms with Crippen molar-refractivity contribution in [1.82, 2.24) is 10.6 Å². The smallest absolute Gasteiger partial charge is 0.336 e. The fraction of sp³-hybridized carbons (Fsp3) is 0.556. The summed E-state index contributed by atoms with van der Waals surface area (Å²) in [4.78, 5) is 12.5.